The molecule has 0 spiro atoms. The molecule has 0 aliphatic rings. The lowest BCUT2D eigenvalue weighted by molar-refractivity contribution is 0.103. The topological polar surface area (TPSA) is 42.9 Å². The van der Waals surface area contributed by atoms with Crippen LogP contribution in [0.15, 0.2) is 36.7 Å². The summed E-state index contributed by atoms with van der Waals surface area (Å²) in [6.07, 6.45) is 4.10. The zero-order valence-electron chi connectivity index (χ0n) is 9.97. The smallest absolute Gasteiger partial charge is 0.212 e. The molecule has 1 aromatic heterocycles. The van der Waals surface area contributed by atoms with Crippen molar-refractivity contribution < 1.29 is 4.79 Å². The number of aryl methyl sites for hydroxylation is 2. The van der Waals surface area contributed by atoms with E-state index in [1.165, 1.54) is 11.8 Å². The minimum absolute atomic E-state index is 0.0832. The molecule has 0 unspecified atom stereocenters. The molecule has 3 nitrogen and oxygen atoms in total. The third kappa shape index (κ3) is 2.56. The Kier molecular flexibility index (Phi) is 3.28. The molecule has 2 rings (SSSR count). The summed E-state index contributed by atoms with van der Waals surface area (Å²) in [6.45, 7) is 3.93. The Morgan fingerprint density at radius 1 is 1.12 bits per heavy atom. The fourth-order valence-corrected chi connectivity index (χ4v) is 1.55. The highest BCUT2D eigenvalue weighted by Crippen LogP contribution is 2.09. The first-order valence-corrected chi connectivity index (χ1v) is 5.63. The van der Waals surface area contributed by atoms with E-state index in [0.29, 0.717) is 11.3 Å². The van der Waals surface area contributed by atoms with Crippen LogP contribution in [0.3, 0.4) is 0 Å². The number of rotatable bonds is 3. The van der Waals surface area contributed by atoms with Gasteiger partial charge in [-0.25, -0.2) is 4.98 Å². The summed E-state index contributed by atoms with van der Waals surface area (Å²) < 4.78 is 0. The maximum atomic E-state index is 12.1. The van der Waals surface area contributed by atoms with Crippen LogP contribution < -0.4 is 0 Å². The second-order valence-corrected chi connectivity index (χ2v) is 3.92. The van der Waals surface area contributed by atoms with Gasteiger partial charge in [-0.1, -0.05) is 31.2 Å². The average molecular weight is 226 g/mol. The number of aromatic nitrogens is 2. The molecule has 86 valence electrons. The highest BCUT2D eigenvalue weighted by molar-refractivity contribution is 6.07. The minimum Gasteiger partial charge on any atom is -0.287 e. The average Bonchev–Trinajstić information content (AvgIpc) is 2.39. The summed E-state index contributed by atoms with van der Waals surface area (Å²) in [5, 5.41) is 0. The van der Waals surface area contributed by atoms with Crippen molar-refractivity contribution in [2.24, 2.45) is 0 Å². The highest BCUT2D eigenvalue weighted by Gasteiger charge is 2.10. The van der Waals surface area contributed by atoms with Crippen molar-refractivity contribution in [1.29, 1.82) is 0 Å². The third-order valence-corrected chi connectivity index (χ3v) is 2.64. The number of ketones is 1. The highest BCUT2D eigenvalue weighted by atomic mass is 16.1. The predicted molar refractivity (Wildman–Crippen MR) is 66.0 cm³/mol. The standard InChI is InChI=1S/C14H14N2O/c1-3-11-4-6-12(7-5-11)14(17)13-9-15-10(2)8-16-13/h4-9H,3H2,1-2H3. The van der Waals surface area contributed by atoms with Gasteiger partial charge in [0.05, 0.1) is 11.9 Å². The molecule has 0 radical (unpaired) electrons. The van der Waals surface area contributed by atoms with Crippen LogP contribution in [0, 0.1) is 6.92 Å². The van der Waals surface area contributed by atoms with E-state index in [9.17, 15) is 4.79 Å². The van der Waals surface area contributed by atoms with E-state index in [2.05, 4.69) is 16.9 Å². The Balaban J connectivity index is 2.27. The van der Waals surface area contributed by atoms with Gasteiger partial charge in [-0.05, 0) is 18.9 Å². The fraction of sp³-hybridized carbons (Fsp3) is 0.214. The van der Waals surface area contributed by atoms with E-state index in [-0.39, 0.29) is 5.78 Å². The summed E-state index contributed by atoms with van der Waals surface area (Å²) >= 11 is 0. The van der Waals surface area contributed by atoms with Gasteiger partial charge in [0.2, 0.25) is 5.78 Å². The van der Waals surface area contributed by atoms with Gasteiger partial charge in [0.1, 0.15) is 5.69 Å². The fourth-order valence-electron chi connectivity index (χ4n) is 1.55. The molecule has 17 heavy (non-hydrogen) atoms. The maximum Gasteiger partial charge on any atom is 0.212 e. The Hall–Kier alpha value is -2.03. The van der Waals surface area contributed by atoms with Gasteiger partial charge in [0.25, 0.3) is 0 Å². The lowest BCUT2D eigenvalue weighted by Crippen LogP contribution is -2.05. The number of carbonyl (C=O) groups is 1. The van der Waals surface area contributed by atoms with E-state index < -0.39 is 0 Å². The summed E-state index contributed by atoms with van der Waals surface area (Å²) in [6, 6.07) is 7.61. The molecule has 0 aliphatic carbocycles. The van der Waals surface area contributed by atoms with Crippen LogP contribution in [-0.4, -0.2) is 15.8 Å². The van der Waals surface area contributed by atoms with E-state index in [1.54, 1.807) is 6.20 Å². The van der Waals surface area contributed by atoms with Crippen LogP contribution in [0.2, 0.25) is 0 Å². The Labute approximate surface area is 101 Å². The summed E-state index contributed by atoms with van der Waals surface area (Å²) in [5.74, 6) is -0.0832. The van der Waals surface area contributed by atoms with Gasteiger partial charge < -0.3 is 0 Å². The molecule has 0 N–H and O–H groups in total. The van der Waals surface area contributed by atoms with Gasteiger partial charge in [0, 0.05) is 11.8 Å². The lowest BCUT2D eigenvalue weighted by Gasteiger charge is -2.01. The lowest BCUT2D eigenvalue weighted by atomic mass is 10.1. The van der Waals surface area contributed by atoms with Crippen LogP contribution in [-0.2, 0) is 6.42 Å². The quantitative estimate of drug-likeness (QED) is 0.755. The first-order chi connectivity index (χ1) is 8.20. The summed E-state index contributed by atoms with van der Waals surface area (Å²) in [7, 11) is 0. The molecule has 0 bridgehead atoms. The molecule has 0 fully saturated rings. The van der Waals surface area contributed by atoms with E-state index in [0.717, 1.165) is 12.1 Å². The van der Waals surface area contributed by atoms with Crippen molar-refractivity contribution in [3.63, 3.8) is 0 Å². The first kappa shape index (κ1) is 11.5. The van der Waals surface area contributed by atoms with Crippen molar-refractivity contribution in [2.75, 3.05) is 0 Å². The molecule has 2 aromatic rings. The monoisotopic (exact) mass is 226 g/mol. The van der Waals surface area contributed by atoms with E-state index in [4.69, 9.17) is 0 Å². The largest absolute Gasteiger partial charge is 0.287 e. The van der Waals surface area contributed by atoms with E-state index >= 15 is 0 Å². The summed E-state index contributed by atoms with van der Waals surface area (Å²) in [4.78, 5) is 20.2. The zero-order valence-corrected chi connectivity index (χ0v) is 9.97. The molecule has 0 atom stereocenters. The first-order valence-electron chi connectivity index (χ1n) is 5.63. The van der Waals surface area contributed by atoms with Crippen molar-refractivity contribution in [3.05, 3.63) is 59.2 Å². The van der Waals surface area contributed by atoms with Gasteiger partial charge in [-0.2, -0.15) is 0 Å². The van der Waals surface area contributed by atoms with Gasteiger partial charge in [-0.15, -0.1) is 0 Å². The maximum absolute atomic E-state index is 12.1. The van der Waals surface area contributed by atoms with E-state index in [1.807, 2.05) is 31.2 Å². The van der Waals surface area contributed by atoms with Gasteiger partial charge in [-0.3, -0.25) is 9.78 Å². The van der Waals surface area contributed by atoms with Gasteiger partial charge in [0.15, 0.2) is 0 Å². The number of hydrogen-bond acceptors (Lipinski definition) is 3. The van der Waals surface area contributed by atoms with Crippen molar-refractivity contribution in [2.45, 2.75) is 20.3 Å². The van der Waals surface area contributed by atoms with Crippen molar-refractivity contribution >= 4 is 5.78 Å². The second kappa shape index (κ2) is 4.87. The number of nitrogens with zero attached hydrogens (tertiary/aromatic N) is 2. The van der Waals surface area contributed by atoms with Crippen molar-refractivity contribution in [3.8, 4) is 0 Å². The number of benzene rings is 1. The molecule has 3 heteroatoms. The van der Waals surface area contributed by atoms with Gasteiger partial charge >= 0.3 is 0 Å². The number of hydrogen-bond donors (Lipinski definition) is 0. The second-order valence-electron chi connectivity index (χ2n) is 3.92. The molecule has 0 aliphatic heterocycles. The van der Waals surface area contributed by atoms with Crippen LogP contribution in [0.4, 0.5) is 0 Å². The molecular formula is C14H14N2O. The molecule has 0 amide bonds. The normalized spacial score (nSPS) is 10.2. The Morgan fingerprint density at radius 3 is 2.35 bits per heavy atom. The summed E-state index contributed by atoms with van der Waals surface area (Å²) in [5.41, 5.74) is 3.07. The molecular weight excluding hydrogens is 212 g/mol. The predicted octanol–water partition coefficient (Wildman–Crippen LogP) is 2.58. The SMILES string of the molecule is CCc1ccc(C(=O)c2cnc(C)cn2)cc1. The number of carbonyl (C=O) groups excluding carboxylic acids is 1. The molecule has 0 saturated carbocycles. The van der Waals surface area contributed by atoms with Crippen LogP contribution in [0.5, 0.6) is 0 Å². The molecule has 0 saturated heterocycles. The Bertz CT molecular complexity index is 515. The molecule has 1 heterocycles. The van der Waals surface area contributed by atoms with Crippen molar-refractivity contribution in [1.82, 2.24) is 9.97 Å². The Morgan fingerprint density at radius 2 is 1.82 bits per heavy atom. The van der Waals surface area contributed by atoms with Crippen LogP contribution in [0.1, 0.15) is 34.2 Å². The third-order valence-electron chi connectivity index (χ3n) is 2.64. The zero-order chi connectivity index (χ0) is 12.3. The van der Waals surface area contributed by atoms with Crippen LogP contribution >= 0.6 is 0 Å². The minimum atomic E-state index is -0.0832. The molecule has 1 aromatic carbocycles. The van der Waals surface area contributed by atoms with Crippen LogP contribution in [0.25, 0.3) is 0 Å².